The Kier molecular flexibility index (Phi) is 3.78. The van der Waals surface area contributed by atoms with Crippen molar-refractivity contribution < 1.29 is 0 Å². The number of benzene rings is 1. The normalized spacial score (nSPS) is 10.3. The molecule has 2 heterocycles. The van der Waals surface area contributed by atoms with Crippen molar-refractivity contribution in [3.8, 4) is 11.1 Å². The van der Waals surface area contributed by atoms with Gasteiger partial charge in [0.05, 0.1) is 5.69 Å². The fourth-order valence-corrected chi connectivity index (χ4v) is 2.08. The number of nitrogens with zero attached hydrogens (tertiary/aromatic N) is 1. The van der Waals surface area contributed by atoms with Gasteiger partial charge >= 0.3 is 0 Å². The van der Waals surface area contributed by atoms with Crippen LogP contribution in [0, 0.1) is 0 Å². The third-order valence-electron chi connectivity index (χ3n) is 3.20. The predicted octanol–water partition coefficient (Wildman–Crippen LogP) is 3.05. The summed E-state index contributed by atoms with van der Waals surface area (Å²) in [5, 5.41) is 3.35. The molecule has 3 aromatic rings. The second-order valence-corrected chi connectivity index (χ2v) is 4.74. The highest BCUT2D eigenvalue weighted by atomic mass is 16.1. The van der Waals surface area contributed by atoms with Crippen LogP contribution in [-0.4, -0.2) is 9.97 Å². The smallest absolute Gasteiger partial charge is 0.247 e. The van der Waals surface area contributed by atoms with E-state index in [9.17, 15) is 4.79 Å². The van der Waals surface area contributed by atoms with E-state index in [1.807, 2.05) is 24.3 Å². The van der Waals surface area contributed by atoms with E-state index in [0.717, 1.165) is 23.4 Å². The fraction of sp³-hybridized carbons (Fsp3) is 0.0588. The Hall–Kier alpha value is -2.88. The van der Waals surface area contributed by atoms with Gasteiger partial charge in [0.1, 0.15) is 0 Å². The van der Waals surface area contributed by atoms with Gasteiger partial charge in [-0.1, -0.05) is 30.3 Å². The van der Waals surface area contributed by atoms with Crippen LogP contribution < -0.4 is 10.9 Å². The molecule has 0 saturated heterocycles. The van der Waals surface area contributed by atoms with Crippen LogP contribution in [0.2, 0.25) is 0 Å². The molecule has 0 fully saturated rings. The Morgan fingerprint density at radius 1 is 1.00 bits per heavy atom. The largest absolute Gasteiger partial charge is 0.380 e. The van der Waals surface area contributed by atoms with Crippen LogP contribution in [0.5, 0.6) is 0 Å². The molecule has 0 aliphatic carbocycles. The Labute approximate surface area is 122 Å². The summed E-state index contributed by atoms with van der Waals surface area (Å²) in [4.78, 5) is 18.0. The van der Waals surface area contributed by atoms with E-state index < -0.39 is 0 Å². The molecule has 21 heavy (non-hydrogen) atoms. The van der Waals surface area contributed by atoms with Gasteiger partial charge in [0.25, 0.3) is 0 Å². The topological polar surface area (TPSA) is 57.8 Å². The fourth-order valence-electron chi connectivity index (χ4n) is 2.08. The third kappa shape index (κ3) is 3.36. The van der Waals surface area contributed by atoms with E-state index in [2.05, 4.69) is 27.4 Å². The number of hydrogen-bond donors (Lipinski definition) is 2. The summed E-state index contributed by atoms with van der Waals surface area (Å²) in [6.45, 7) is 0.748. The lowest BCUT2D eigenvalue weighted by atomic mass is 10.1. The molecule has 0 amide bonds. The minimum Gasteiger partial charge on any atom is -0.380 e. The lowest BCUT2D eigenvalue weighted by molar-refractivity contribution is 1.14. The Bertz CT molecular complexity index is 761. The Morgan fingerprint density at radius 2 is 1.86 bits per heavy atom. The van der Waals surface area contributed by atoms with Gasteiger partial charge in [-0.15, -0.1) is 0 Å². The van der Waals surface area contributed by atoms with Gasteiger partial charge in [0, 0.05) is 36.8 Å². The maximum atomic E-state index is 11.1. The lowest BCUT2D eigenvalue weighted by Crippen LogP contribution is -2.02. The first-order chi connectivity index (χ1) is 10.3. The van der Waals surface area contributed by atoms with Crippen molar-refractivity contribution in [3.63, 3.8) is 0 Å². The van der Waals surface area contributed by atoms with E-state index in [-0.39, 0.29) is 5.56 Å². The second-order valence-electron chi connectivity index (χ2n) is 4.74. The molecule has 3 rings (SSSR count). The molecule has 0 saturated carbocycles. The van der Waals surface area contributed by atoms with Crippen molar-refractivity contribution in [2.75, 3.05) is 5.32 Å². The minimum absolute atomic E-state index is 0.106. The van der Waals surface area contributed by atoms with Crippen molar-refractivity contribution in [1.82, 2.24) is 9.97 Å². The number of anilines is 1. The van der Waals surface area contributed by atoms with Crippen molar-refractivity contribution in [3.05, 3.63) is 83.0 Å². The molecule has 0 bridgehead atoms. The number of hydrogen-bond acceptors (Lipinski definition) is 3. The quantitative estimate of drug-likeness (QED) is 0.770. The van der Waals surface area contributed by atoms with Crippen molar-refractivity contribution in [2.24, 2.45) is 0 Å². The summed E-state index contributed by atoms with van der Waals surface area (Å²) in [6.07, 6.45) is 5.26. The van der Waals surface area contributed by atoms with Gasteiger partial charge in [-0.25, -0.2) is 0 Å². The molecule has 2 aromatic heterocycles. The molecule has 0 aliphatic rings. The van der Waals surface area contributed by atoms with E-state index in [4.69, 9.17) is 0 Å². The number of rotatable bonds is 4. The van der Waals surface area contributed by atoms with Crippen LogP contribution in [0.15, 0.2) is 71.9 Å². The van der Waals surface area contributed by atoms with Gasteiger partial charge in [-0.05, 0) is 23.3 Å². The molecule has 0 radical (unpaired) electrons. The SMILES string of the molecule is O=c1ccc(-c2cncc(NCc3ccccc3)c2)c[nH]1. The highest BCUT2D eigenvalue weighted by Gasteiger charge is 2.00. The summed E-state index contributed by atoms with van der Waals surface area (Å²) in [7, 11) is 0. The van der Waals surface area contributed by atoms with Crippen LogP contribution in [0.3, 0.4) is 0 Å². The standard InChI is InChI=1S/C17H15N3O/c21-17-7-6-14(11-20-17)15-8-16(12-18-10-15)19-9-13-4-2-1-3-5-13/h1-8,10-12,19H,9H2,(H,20,21). The minimum atomic E-state index is -0.106. The van der Waals surface area contributed by atoms with E-state index in [0.29, 0.717) is 0 Å². The summed E-state index contributed by atoms with van der Waals surface area (Å²) in [5.41, 5.74) is 3.95. The second kappa shape index (κ2) is 6.05. The number of pyridine rings is 2. The van der Waals surface area contributed by atoms with Gasteiger partial charge in [0.15, 0.2) is 0 Å². The van der Waals surface area contributed by atoms with Crippen LogP contribution >= 0.6 is 0 Å². The predicted molar refractivity (Wildman–Crippen MR) is 84.1 cm³/mol. The van der Waals surface area contributed by atoms with Gasteiger partial charge in [-0.2, -0.15) is 0 Å². The summed E-state index contributed by atoms with van der Waals surface area (Å²) >= 11 is 0. The Morgan fingerprint density at radius 3 is 2.62 bits per heavy atom. The Balaban J connectivity index is 1.77. The average molecular weight is 277 g/mol. The van der Waals surface area contributed by atoms with E-state index in [1.165, 1.54) is 11.6 Å². The third-order valence-corrected chi connectivity index (χ3v) is 3.20. The average Bonchev–Trinajstić information content (AvgIpc) is 2.55. The van der Waals surface area contributed by atoms with Gasteiger partial charge in [0.2, 0.25) is 5.56 Å². The van der Waals surface area contributed by atoms with Crippen molar-refractivity contribution in [2.45, 2.75) is 6.54 Å². The zero-order valence-corrected chi connectivity index (χ0v) is 11.4. The van der Waals surface area contributed by atoms with Crippen molar-refractivity contribution >= 4 is 5.69 Å². The zero-order chi connectivity index (χ0) is 14.5. The number of nitrogens with one attached hydrogen (secondary N) is 2. The van der Waals surface area contributed by atoms with E-state index >= 15 is 0 Å². The van der Waals surface area contributed by atoms with Crippen LogP contribution in [0.25, 0.3) is 11.1 Å². The molecule has 2 N–H and O–H groups in total. The van der Waals surface area contributed by atoms with Gasteiger partial charge in [-0.3, -0.25) is 9.78 Å². The van der Waals surface area contributed by atoms with Crippen LogP contribution in [0.1, 0.15) is 5.56 Å². The number of H-pyrrole nitrogens is 1. The number of aromatic amines is 1. The van der Waals surface area contributed by atoms with Crippen molar-refractivity contribution in [1.29, 1.82) is 0 Å². The molecule has 0 spiro atoms. The molecule has 104 valence electrons. The monoisotopic (exact) mass is 277 g/mol. The molecule has 0 aliphatic heterocycles. The first-order valence-electron chi connectivity index (χ1n) is 6.73. The molecule has 1 aromatic carbocycles. The maximum Gasteiger partial charge on any atom is 0.247 e. The van der Waals surface area contributed by atoms with Crippen LogP contribution in [-0.2, 0) is 6.54 Å². The molecular formula is C17H15N3O. The van der Waals surface area contributed by atoms with E-state index in [1.54, 1.807) is 24.7 Å². The molecule has 0 atom stereocenters. The number of aromatic nitrogens is 2. The molecule has 4 heteroatoms. The molecule has 0 unspecified atom stereocenters. The summed E-state index contributed by atoms with van der Waals surface area (Å²) in [5.74, 6) is 0. The highest BCUT2D eigenvalue weighted by molar-refractivity contribution is 5.65. The maximum absolute atomic E-state index is 11.1. The lowest BCUT2D eigenvalue weighted by Gasteiger charge is -2.08. The summed E-state index contributed by atoms with van der Waals surface area (Å²) in [6, 6.07) is 15.5. The first kappa shape index (κ1) is 13.1. The highest BCUT2D eigenvalue weighted by Crippen LogP contribution is 2.20. The summed E-state index contributed by atoms with van der Waals surface area (Å²) < 4.78 is 0. The van der Waals surface area contributed by atoms with Gasteiger partial charge < -0.3 is 10.3 Å². The zero-order valence-electron chi connectivity index (χ0n) is 11.4. The first-order valence-corrected chi connectivity index (χ1v) is 6.73. The molecular weight excluding hydrogens is 262 g/mol. The van der Waals surface area contributed by atoms with Crippen LogP contribution in [0.4, 0.5) is 5.69 Å². The molecule has 4 nitrogen and oxygen atoms in total.